The zero-order valence-corrected chi connectivity index (χ0v) is 8.19. The van der Waals surface area contributed by atoms with Crippen molar-refractivity contribution in [2.24, 2.45) is 0 Å². The van der Waals surface area contributed by atoms with Gasteiger partial charge in [-0.3, -0.25) is 4.79 Å². The molecular formula is C8H16ClNO. The van der Waals surface area contributed by atoms with Gasteiger partial charge in [0.1, 0.15) is 11.2 Å². The first kappa shape index (κ1) is 10.9. The number of carbonyl (C=O) groups is 1. The molecule has 0 radical (unpaired) electrons. The summed E-state index contributed by atoms with van der Waals surface area (Å²) in [6.45, 7) is 8.23. The van der Waals surface area contributed by atoms with E-state index in [1.807, 2.05) is 0 Å². The maximum atomic E-state index is 10.8. The summed E-state index contributed by atoms with van der Waals surface area (Å²) in [4.78, 5) is 12.9. The van der Waals surface area contributed by atoms with Crippen LogP contribution in [0.5, 0.6) is 0 Å². The molecular weight excluding hydrogens is 162 g/mol. The van der Waals surface area contributed by atoms with Crippen LogP contribution >= 0.6 is 11.6 Å². The van der Waals surface area contributed by atoms with E-state index in [2.05, 4.69) is 18.7 Å². The Morgan fingerprint density at radius 2 is 1.91 bits per heavy atom. The summed E-state index contributed by atoms with van der Waals surface area (Å²) < 4.78 is 0. The van der Waals surface area contributed by atoms with Gasteiger partial charge in [0, 0.05) is 6.54 Å². The van der Waals surface area contributed by atoms with Crippen molar-refractivity contribution in [2.45, 2.75) is 26.1 Å². The molecule has 3 heteroatoms. The molecule has 1 atom stereocenters. The Morgan fingerprint density at radius 3 is 2.18 bits per heavy atom. The molecule has 0 N–H and O–H groups in total. The zero-order chi connectivity index (χ0) is 8.85. The molecule has 0 fully saturated rings. The molecule has 0 aromatic carbocycles. The van der Waals surface area contributed by atoms with Gasteiger partial charge in [0.25, 0.3) is 0 Å². The van der Waals surface area contributed by atoms with Crippen LogP contribution in [-0.2, 0) is 4.79 Å². The van der Waals surface area contributed by atoms with Gasteiger partial charge < -0.3 is 4.90 Å². The number of ketones is 1. The van der Waals surface area contributed by atoms with E-state index in [1.165, 1.54) is 6.92 Å². The molecule has 0 amide bonds. The van der Waals surface area contributed by atoms with E-state index in [0.29, 0.717) is 6.54 Å². The Bertz CT molecular complexity index is 123. The second-order valence-corrected chi connectivity index (χ2v) is 3.09. The molecule has 0 heterocycles. The normalized spacial score (nSPS) is 13.5. The third kappa shape index (κ3) is 4.38. The van der Waals surface area contributed by atoms with Crippen molar-refractivity contribution in [3.05, 3.63) is 0 Å². The van der Waals surface area contributed by atoms with Crippen molar-refractivity contribution in [3.63, 3.8) is 0 Å². The number of Topliss-reactive ketones (excluding diaryl/α,β-unsaturated/α-hetero) is 1. The van der Waals surface area contributed by atoms with Gasteiger partial charge in [0.05, 0.1) is 0 Å². The summed E-state index contributed by atoms with van der Waals surface area (Å²) in [6, 6.07) is 0. The lowest BCUT2D eigenvalue weighted by Crippen LogP contribution is -2.32. The van der Waals surface area contributed by atoms with Crippen molar-refractivity contribution in [1.29, 1.82) is 0 Å². The summed E-state index contributed by atoms with van der Waals surface area (Å²) in [5.74, 6) is 0.0542. The van der Waals surface area contributed by atoms with Crippen LogP contribution in [0.4, 0.5) is 0 Å². The molecule has 66 valence electrons. The number of alkyl halides is 1. The average Bonchev–Trinajstić information content (AvgIpc) is 1.99. The lowest BCUT2D eigenvalue weighted by molar-refractivity contribution is -0.117. The number of hydrogen-bond donors (Lipinski definition) is 0. The number of rotatable bonds is 5. The second kappa shape index (κ2) is 5.56. The monoisotopic (exact) mass is 177 g/mol. The highest BCUT2D eigenvalue weighted by Crippen LogP contribution is 2.00. The van der Waals surface area contributed by atoms with Gasteiger partial charge in [0.2, 0.25) is 0 Å². The van der Waals surface area contributed by atoms with Gasteiger partial charge in [-0.2, -0.15) is 0 Å². The SMILES string of the molecule is CCN(CC)CC(Cl)C(C)=O. The van der Waals surface area contributed by atoms with Crippen LogP contribution in [0.15, 0.2) is 0 Å². The minimum absolute atomic E-state index is 0.0542. The van der Waals surface area contributed by atoms with Crippen molar-refractivity contribution < 1.29 is 4.79 Å². The summed E-state index contributed by atoms with van der Waals surface area (Å²) in [5, 5.41) is -0.338. The second-order valence-electron chi connectivity index (χ2n) is 2.56. The Morgan fingerprint density at radius 1 is 1.45 bits per heavy atom. The molecule has 0 aliphatic carbocycles. The van der Waals surface area contributed by atoms with Crippen LogP contribution in [0.3, 0.4) is 0 Å². The van der Waals surface area contributed by atoms with Gasteiger partial charge in [0.15, 0.2) is 0 Å². The molecule has 0 aliphatic rings. The third-order valence-corrected chi connectivity index (χ3v) is 2.20. The minimum atomic E-state index is -0.338. The number of halogens is 1. The van der Waals surface area contributed by atoms with Crippen LogP contribution in [0.2, 0.25) is 0 Å². The van der Waals surface area contributed by atoms with E-state index in [9.17, 15) is 4.79 Å². The first-order chi connectivity index (χ1) is 5.11. The van der Waals surface area contributed by atoms with Gasteiger partial charge in [-0.05, 0) is 20.0 Å². The van der Waals surface area contributed by atoms with Crippen LogP contribution in [0.1, 0.15) is 20.8 Å². The lowest BCUT2D eigenvalue weighted by Gasteiger charge is -2.19. The van der Waals surface area contributed by atoms with E-state index >= 15 is 0 Å². The highest BCUT2D eigenvalue weighted by atomic mass is 35.5. The molecule has 0 aromatic rings. The maximum absolute atomic E-state index is 10.8. The fraction of sp³-hybridized carbons (Fsp3) is 0.875. The van der Waals surface area contributed by atoms with Gasteiger partial charge in [-0.1, -0.05) is 13.8 Å². The number of carbonyl (C=O) groups excluding carboxylic acids is 1. The topological polar surface area (TPSA) is 20.3 Å². The third-order valence-electron chi connectivity index (χ3n) is 1.75. The highest BCUT2D eigenvalue weighted by molar-refractivity contribution is 6.30. The molecule has 0 saturated heterocycles. The fourth-order valence-electron chi connectivity index (χ4n) is 0.837. The van der Waals surface area contributed by atoms with Crippen molar-refractivity contribution in [1.82, 2.24) is 4.90 Å². The van der Waals surface area contributed by atoms with Crippen LogP contribution < -0.4 is 0 Å². The Hall–Kier alpha value is -0.0800. The first-order valence-electron chi connectivity index (χ1n) is 3.98. The Kier molecular flexibility index (Phi) is 5.51. The molecule has 0 spiro atoms. The fourth-order valence-corrected chi connectivity index (χ4v) is 1.03. The molecule has 2 nitrogen and oxygen atoms in total. The molecule has 0 aliphatic heterocycles. The number of nitrogens with zero attached hydrogens (tertiary/aromatic N) is 1. The van der Waals surface area contributed by atoms with Crippen LogP contribution in [-0.4, -0.2) is 35.7 Å². The standard InChI is InChI=1S/C8H16ClNO/c1-4-10(5-2)6-8(9)7(3)11/h8H,4-6H2,1-3H3. The first-order valence-corrected chi connectivity index (χ1v) is 4.42. The lowest BCUT2D eigenvalue weighted by atomic mass is 10.3. The van der Waals surface area contributed by atoms with E-state index in [0.717, 1.165) is 13.1 Å². The molecule has 0 saturated carbocycles. The average molecular weight is 178 g/mol. The van der Waals surface area contributed by atoms with Gasteiger partial charge >= 0.3 is 0 Å². The predicted molar refractivity (Wildman–Crippen MR) is 48.1 cm³/mol. The maximum Gasteiger partial charge on any atom is 0.148 e. The Labute approximate surface area is 73.5 Å². The molecule has 0 aromatic heterocycles. The van der Waals surface area contributed by atoms with Crippen LogP contribution in [0.25, 0.3) is 0 Å². The van der Waals surface area contributed by atoms with E-state index < -0.39 is 0 Å². The van der Waals surface area contributed by atoms with E-state index in [4.69, 9.17) is 11.6 Å². The quantitative estimate of drug-likeness (QED) is 0.594. The Balaban J connectivity index is 3.71. The summed E-state index contributed by atoms with van der Waals surface area (Å²) in [6.07, 6.45) is 0. The van der Waals surface area contributed by atoms with Crippen molar-refractivity contribution in [2.75, 3.05) is 19.6 Å². The summed E-state index contributed by atoms with van der Waals surface area (Å²) in [5.41, 5.74) is 0. The molecule has 1 unspecified atom stereocenters. The van der Waals surface area contributed by atoms with Crippen molar-refractivity contribution >= 4 is 17.4 Å². The van der Waals surface area contributed by atoms with E-state index in [1.54, 1.807) is 0 Å². The van der Waals surface area contributed by atoms with E-state index in [-0.39, 0.29) is 11.2 Å². The van der Waals surface area contributed by atoms with Crippen LogP contribution in [0, 0.1) is 0 Å². The molecule has 0 bridgehead atoms. The van der Waals surface area contributed by atoms with Crippen molar-refractivity contribution in [3.8, 4) is 0 Å². The largest absolute Gasteiger partial charge is 0.302 e. The smallest absolute Gasteiger partial charge is 0.148 e. The molecule has 0 rings (SSSR count). The predicted octanol–water partition coefficient (Wildman–Crippen LogP) is 1.52. The highest BCUT2D eigenvalue weighted by Gasteiger charge is 2.12. The molecule has 11 heavy (non-hydrogen) atoms. The minimum Gasteiger partial charge on any atom is -0.302 e. The van der Waals surface area contributed by atoms with Gasteiger partial charge in [-0.15, -0.1) is 11.6 Å². The summed E-state index contributed by atoms with van der Waals surface area (Å²) >= 11 is 5.78. The zero-order valence-electron chi connectivity index (χ0n) is 7.43. The number of hydrogen-bond acceptors (Lipinski definition) is 2. The van der Waals surface area contributed by atoms with Gasteiger partial charge in [-0.25, -0.2) is 0 Å². The summed E-state index contributed by atoms with van der Waals surface area (Å²) in [7, 11) is 0.